The van der Waals surface area contributed by atoms with Crippen molar-refractivity contribution in [3.05, 3.63) is 48.0 Å². The van der Waals surface area contributed by atoms with Gasteiger partial charge in [0.1, 0.15) is 31.3 Å². The van der Waals surface area contributed by atoms with E-state index in [9.17, 15) is 9.90 Å². The highest BCUT2D eigenvalue weighted by Gasteiger charge is 2.28. The Morgan fingerprint density at radius 3 is 2.49 bits per heavy atom. The SMILES string of the molecule is COc1ccc(OCCNC(=O)C[C@H](CN2CCCCC2)[C@H](O)c2ccc3c(c2)OCCO3)cc1. The number of carbonyl (C=O) groups excluding carboxylic acids is 1. The topological polar surface area (TPSA) is 89.5 Å². The number of fused-ring (bicyclic) bond motifs is 1. The van der Waals surface area contributed by atoms with Crippen LogP contribution in [0.25, 0.3) is 0 Å². The van der Waals surface area contributed by atoms with Gasteiger partial charge in [0.2, 0.25) is 5.91 Å². The summed E-state index contributed by atoms with van der Waals surface area (Å²) in [5, 5.41) is 14.2. The van der Waals surface area contributed by atoms with Crippen LogP contribution in [-0.4, -0.2) is 69.0 Å². The average Bonchev–Trinajstić information content (AvgIpc) is 2.91. The zero-order chi connectivity index (χ0) is 24.5. The second-order valence-corrected chi connectivity index (χ2v) is 9.05. The summed E-state index contributed by atoms with van der Waals surface area (Å²) >= 11 is 0. The number of aliphatic hydroxyl groups excluding tert-OH is 1. The fraction of sp³-hybridized carbons (Fsp3) is 0.519. The summed E-state index contributed by atoms with van der Waals surface area (Å²) in [5.41, 5.74) is 0.742. The Labute approximate surface area is 207 Å². The molecular weight excluding hydrogens is 448 g/mol. The molecule has 0 radical (unpaired) electrons. The number of aliphatic hydroxyl groups is 1. The zero-order valence-corrected chi connectivity index (χ0v) is 20.4. The lowest BCUT2D eigenvalue weighted by Crippen LogP contribution is -2.39. The maximum atomic E-state index is 12.8. The molecule has 2 atom stereocenters. The van der Waals surface area contributed by atoms with E-state index in [4.69, 9.17) is 18.9 Å². The molecule has 35 heavy (non-hydrogen) atoms. The molecule has 2 aromatic carbocycles. The highest BCUT2D eigenvalue weighted by molar-refractivity contribution is 5.76. The highest BCUT2D eigenvalue weighted by Crippen LogP contribution is 2.35. The van der Waals surface area contributed by atoms with E-state index in [1.54, 1.807) is 7.11 Å². The van der Waals surface area contributed by atoms with Crippen molar-refractivity contribution in [2.75, 3.05) is 53.1 Å². The summed E-state index contributed by atoms with van der Waals surface area (Å²) in [7, 11) is 1.62. The molecule has 0 bridgehead atoms. The number of piperidine rings is 1. The third-order valence-electron chi connectivity index (χ3n) is 6.50. The summed E-state index contributed by atoms with van der Waals surface area (Å²) in [5.74, 6) is 2.48. The molecule has 0 unspecified atom stereocenters. The summed E-state index contributed by atoms with van der Waals surface area (Å²) < 4.78 is 22.1. The van der Waals surface area contributed by atoms with Gasteiger partial charge in [-0.2, -0.15) is 0 Å². The fourth-order valence-corrected chi connectivity index (χ4v) is 4.61. The number of hydrogen-bond donors (Lipinski definition) is 2. The maximum absolute atomic E-state index is 12.8. The first-order chi connectivity index (χ1) is 17.1. The minimum atomic E-state index is -0.783. The monoisotopic (exact) mass is 484 g/mol. The van der Waals surface area contributed by atoms with Crippen LogP contribution >= 0.6 is 0 Å². The van der Waals surface area contributed by atoms with Crippen LogP contribution in [0.5, 0.6) is 23.0 Å². The van der Waals surface area contributed by atoms with Gasteiger partial charge in [0, 0.05) is 18.9 Å². The minimum Gasteiger partial charge on any atom is -0.497 e. The number of likely N-dealkylation sites (tertiary alicyclic amines) is 1. The Bertz CT molecular complexity index is 945. The number of amides is 1. The number of hydrogen-bond acceptors (Lipinski definition) is 7. The number of methoxy groups -OCH3 is 1. The van der Waals surface area contributed by atoms with Crippen LogP contribution < -0.4 is 24.3 Å². The zero-order valence-electron chi connectivity index (χ0n) is 20.4. The lowest BCUT2D eigenvalue weighted by molar-refractivity contribution is -0.123. The molecule has 8 heteroatoms. The van der Waals surface area contributed by atoms with Crippen molar-refractivity contribution in [2.24, 2.45) is 5.92 Å². The molecule has 190 valence electrons. The molecule has 2 aliphatic heterocycles. The Hall–Kier alpha value is -2.97. The Kier molecular flexibility index (Phi) is 9.08. The van der Waals surface area contributed by atoms with E-state index in [1.165, 1.54) is 6.42 Å². The molecule has 8 nitrogen and oxygen atoms in total. The van der Waals surface area contributed by atoms with Crippen LogP contribution in [0.1, 0.15) is 37.4 Å². The third kappa shape index (κ3) is 7.26. The third-order valence-corrected chi connectivity index (χ3v) is 6.50. The van der Waals surface area contributed by atoms with Gasteiger partial charge in [-0.05, 0) is 67.9 Å². The van der Waals surface area contributed by atoms with Crippen molar-refractivity contribution >= 4 is 5.91 Å². The standard InChI is InChI=1S/C27H36N2O6/c1-32-22-6-8-23(9-7-22)33-14-11-28-26(30)18-21(19-29-12-3-2-4-13-29)27(31)20-5-10-24-25(17-20)35-16-15-34-24/h5-10,17,21,27,31H,2-4,11-16,18-19H2,1H3,(H,28,30)/t21-,27-/m1/s1. The first kappa shape index (κ1) is 25.1. The first-order valence-electron chi connectivity index (χ1n) is 12.5. The van der Waals surface area contributed by atoms with Crippen LogP contribution in [0.4, 0.5) is 0 Å². The van der Waals surface area contributed by atoms with E-state index in [2.05, 4.69) is 10.2 Å². The number of ether oxygens (including phenoxy) is 4. The molecule has 4 rings (SSSR count). The molecule has 0 saturated carbocycles. The van der Waals surface area contributed by atoms with Gasteiger partial charge in [-0.15, -0.1) is 0 Å². The van der Waals surface area contributed by atoms with Crippen LogP contribution in [-0.2, 0) is 4.79 Å². The highest BCUT2D eigenvalue weighted by atomic mass is 16.6. The summed E-state index contributed by atoms with van der Waals surface area (Å²) in [6.45, 7) is 4.44. The van der Waals surface area contributed by atoms with Gasteiger partial charge in [0.25, 0.3) is 0 Å². The van der Waals surface area contributed by atoms with E-state index < -0.39 is 6.10 Å². The van der Waals surface area contributed by atoms with E-state index >= 15 is 0 Å². The second kappa shape index (κ2) is 12.7. The van der Waals surface area contributed by atoms with Gasteiger partial charge in [-0.25, -0.2) is 0 Å². The summed E-state index contributed by atoms with van der Waals surface area (Å²) in [6, 6.07) is 12.9. The summed E-state index contributed by atoms with van der Waals surface area (Å²) in [4.78, 5) is 15.2. The fourth-order valence-electron chi connectivity index (χ4n) is 4.61. The molecule has 1 saturated heterocycles. The summed E-state index contributed by atoms with van der Waals surface area (Å²) in [6.07, 6.45) is 2.99. The van der Waals surface area contributed by atoms with Gasteiger partial charge in [-0.3, -0.25) is 4.79 Å². The Morgan fingerprint density at radius 2 is 1.74 bits per heavy atom. The number of carbonyl (C=O) groups is 1. The van der Waals surface area contributed by atoms with Crippen LogP contribution in [0.2, 0.25) is 0 Å². The number of nitrogens with one attached hydrogen (secondary N) is 1. The smallest absolute Gasteiger partial charge is 0.220 e. The van der Waals surface area contributed by atoms with Crippen molar-refractivity contribution < 1.29 is 28.8 Å². The largest absolute Gasteiger partial charge is 0.497 e. The number of rotatable bonds is 11. The molecule has 2 aromatic rings. The van der Waals surface area contributed by atoms with Crippen molar-refractivity contribution in [2.45, 2.75) is 31.8 Å². The second-order valence-electron chi connectivity index (χ2n) is 9.05. The molecule has 0 spiro atoms. The van der Waals surface area contributed by atoms with Crippen LogP contribution in [0.15, 0.2) is 42.5 Å². The van der Waals surface area contributed by atoms with Crippen LogP contribution in [0, 0.1) is 5.92 Å². The molecule has 2 N–H and O–H groups in total. The predicted octanol–water partition coefficient (Wildman–Crippen LogP) is 3.19. The lowest BCUT2D eigenvalue weighted by Gasteiger charge is -2.32. The van der Waals surface area contributed by atoms with Gasteiger partial charge in [0.15, 0.2) is 11.5 Å². The molecule has 0 aliphatic carbocycles. The number of nitrogens with zero attached hydrogens (tertiary/aromatic N) is 1. The molecular formula is C27H36N2O6. The molecule has 2 aliphatic rings. The molecule has 0 aromatic heterocycles. The van der Waals surface area contributed by atoms with E-state index in [0.717, 1.165) is 43.0 Å². The molecule has 1 amide bonds. The molecule has 2 heterocycles. The molecule has 1 fully saturated rings. The van der Waals surface area contributed by atoms with Crippen molar-refractivity contribution in [3.63, 3.8) is 0 Å². The number of benzene rings is 2. The van der Waals surface area contributed by atoms with Gasteiger partial charge < -0.3 is 34.3 Å². The Balaban J connectivity index is 1.33. The predicted molar refractivity (Wildman–Crippen MR) is 132 cm³/mol. The van der Waals surface area contributed by atoms with Crippen molar-refractivity contribution in [3.8, 4) is 23.0 Å². The van der Waals surface area contributed by atoms with Gasteiger partial charge in [0.05, 0.1) is 19.8 Å². The van der Waals surface area contributed by atoms with Crippen LogP contribution in [0.3, 0.4) is 0 Å². The quantitative estimate of drug-likeness (QED) is 0.474. The van der Waals surface area contributed by atoms with E-state index in [0.29, 0.717) is 44.4 Å². The van der Waals surface area contributed by atoms with E-state index in [-0.39, 0.29) is 18.2 Å². The average molecular weight is 485 g/mol. The first-order valence-corrected chi connectivity index (χ1v) is 12.5. The van der Waals surface area contributed by atoms with Gasteiger partial charge >= 0.3 is 0 Å². The normalized spacial score (nSPS) is 17.3. The maximum Gasteiger partial charge on any atom is 0.220 e. The Morgan fingerprint density at radius 1 is 1.03 bits per heavy atom. The van der Waals surface area contributed by atoms with E-state index in [1.807, 2.05) is 42.5 Å². The lowest BCUT2D eigenvalue weighted by atomic mass is 9.91. The van der Waals surface area contributed by atoms with Crippen molar-refractivity contribution in [1.29, 1.82) is 0 Å². The minimum absolute atomic E-state index is 0.0954. The van der Waals surface area contributed by atoms with Crippen molar-refractivity contribution in [1.82, 2.24) is 10.2 Å². The van der Waals surface area contributed by atoms with Gasteiger partial charge in [-0.1, -0.05) is 12.5 Å².